The van der Waals surface area contributed by atoms with Gasteiger partial charge in [-0.3, -0.25) is 5.32 Å². The van der Waals surface area contributed by atoms with Crippen LogP contribution in [-0.4, -0.2) is 52.9 Å². The minimum atomic E-state index is -0.563. The third kappa shape index (κ3) is 4.81. The van der Waals surface area contributed by atoms with Crippen molar-refractivity contribution in [2.24, 2.45) is 4.99 Å². The van der Waals surface area contributed by atoms with Gasteiger partial charge in [-0.05, 0) is 36.8 Å². The maximum Gasteiger partial charge on any atom is 0.413 e. The van der Waals surface area contributed by atoms with Crippen LogP contribution in [0.5, 0.6) is 5.88 Å². The molecule has 10 heteroatoms. The highest BCUT2D eigenvalue weighted by molar-refractivity contribution is 6.04. The van der Waals surface area contributed by atoms with Crippen molar-refractivity contribution in [2.75, 3.05) is 25.1 Å². The number of ether oxygens (including phenoxy) is 3. The Morgan fingerprint density at radius 1 is 1.21 bits per heavy atom. The molecule has 0 bridgehead atoms. The van der Waals surface area contributed by atoms with Crippen molar-refractivity contribution in [3.8, 4) is 28.4 Å². The van der Waals surface area contributed by atoms with E-state index in [1.54, 1.807) is 31.6 Å². The number of amides is 1. The average Bonchev–Trinajstić information content (AvgIpc) is 3.37. The van der Waals surface area contributed by atoms with Gasteiger partial charge in [0.05, 0.1) is 26.4 Å². The Balaban J connectivity index is 1.46. The summed E-state index contributed by atoms with van der Waals surface area (Å²) in [7, 11) is 0. The lowest BCUT2D eigenvalue weighted by Gasteiger charge is -2.22. The van der Waals surface area contributed by atoms with Gasteiger partial charge in [0.1, 0.15) is 6.10 Å². The first-order valence-corrected chi connectivity index (χ1v) is 11.1. The van der Waals surface area contributed by atoms with Crippen molar-refractivity contribution >= 4 is 17.7 Å². The number of aliphatic imine (C=N–C) groups is 1. The molecular weight excluding hydrogens is 436 g/mol. The SMILES string of the molecule is CCOC(=O)NC1=NCc2c(cc(-c3ccc(OC4CCOC4)nc3)cc2-c2ncccn2)N1. The Morgan fingerprint density at radius 3 is 2.82 bits per heavy atom. The summed E-state index contributed by atoms with van der Waals surface area (Å²) in [6.07, 6.45) is 5.52. The molecule has 2 aliphatic rings. The van der Waals surface area contributed by atoms with Crippen molar-refractivity contribution < 1.29 is 19.0 Å². The molecule has 0 saturated carbocycles. The van der Waals surface area contributed by atoms with E-state index in [0.29, 0.717) is 37.4 Å². The van der Waals surface area contributed by atoms with Crippen LogP contribution in [0.1, 0.15) is 18.9 Å². The van der Waals surface area contributed by atoms with Crippen LogP contribution in [0, 0.1) is 0 Å². The van der Waals surface area contributed by atoms with Crippen LogP contribution in [-0.2, 0) is 16.0 Å². The van der Waals surface area contributed by atoms with E-state index >= 15 is 0 Å². The maximum atomic E-state index is 11.9. The van der Waals surface area contributed by atoms with E-state index < -0.39 is 6.09 Å². The van der Waals surface area contributed by atoms with Crippen LogP contribution >= 0.6 is 0 Å². The fourth-order valence-corrected chi connectivity index (χ4v) is 3.82. The van der Waals surface area contributed by atoms with Gasteiger partial charge in [0.2, 0.25) is 11.8 Å². The quantitative estimate of drug-likeness (QED) is 0.595. The van der Waals surface area contributed by atoms with Gasteiger partial charge in [-0.2, -0.15) is 0 Å². The summed E-state index contributed by atoms with van der Waals surface area (Å²) in [5.41, 5.74) is 4.39. The first kappa shape index (κ1) is 21.8. The topological polar surface area (TPSA) is 120 Å². The Hall–Kier alpha value is -4.05. The van der Waals surface area contributed by atoms with E-state index in [2.05, 4.69) is 30.6 Å². The number of rotatable bonds is 5. The smallest absolute Gasteiger partial charge is 0.413 e. The molecule has 0 aliphatic carbocycles. The van der Waals surface area contributed by atoms with Crippen molar-refractivity contribution in [3.05, 3.63) is 54.5 Å². The number of fused-ring (bicyclic) bond motifs is 1. The van der Waals surface area contributed by atoms with Gasteiger partial charge in [0, 0.05) is 53.5 Å². The van der Waals surface area contributed by atoms with Crippen LogP contribution in [0.15, 0.2) is 53.9 Å². The molecule has 1 atom stereocenters. The number of carbonyl (C=O) groups excluding carboxylic acids is 1. The lowest BCUT2D eigenvalue weighted by Crippen LogP contribution is -2.38. The zero-order valence-electron chi connectivity index (χ0n) is 18.7. The molecule has 4 heterocycles. The van der Waals surface area contributed by atoms with E-state index in [1.807, 2.05) is 24.3 Å². The lowest BCUT2D eigenvalue weighted by molar-refractivity contribution is 0.138. The highest BCUT2D eigenvalue weighted by Crippen LogP contribution is 2.35. The van der Waals surface area contributed by atoms with Gasteiger partial charge in [0.25, 0.3) is 0 Å². The van der Waals surface area contributed by atoms with Crippen LogP contribution in [0.25, 0.3) is 22.5 Å². The summed E-state index contributed by atoms with van der Waals surface area (Å²) in [4.78, 5) is 29.6. The predicted molar refractivity (Wildman–Crippen MR) is 125 cm³/mol. The van der Waals surface area contributed by atoms with E-state index in [1.165, 1.54) is 0 Å². The predicted octanol–water partition coefficient (Wildman–Crippen LogP) is 3.40. The number of nitrogens with one attached hydrogen (secondary N) is 2. The summed E-state index contributed by atoms with van der Waals surface area (Å²) in [6.45, 7) is 3.67. The zero-order chi connectivity index (χ0) is 23.3. The van der Waals surface area contributed by atoms with Crippen molar-refractivity contribution in [1.82, 2.24) is 20.3 Å². The minimum Gasteiger partial charge on any atom is -0.472 e. The van der Waals surface area contributed by atoms with Gasteiger partial charge >= 0.3 is 6.09 Å². The Kier molecular flexibility index (Phi) is 6.30. The molecule has 2 N–H and O–H groups in total. The normalized spacial score (nSPS) is 16.7. The van der Waals surface area contributed by atoms with Crippen molar-refractivity contribution in [1.29, 1.82) is 0 Å². The summed E-state index contributed by atoms with van der Waals surface area (Å²) in [5, 5.41) is 5.82. The van der Waals surface area contributed by atoms with E-state index in [9.17, 15) is 4.79 Å². The maximum absolute atomic E-state index is 11.9. The second-order valence-electron chi connectivity index (χ2n) is 7.75. The molecule has 1 fully saturated rings. The Morgan fingerprint density at radius 2 is 2.09 bits per heavy atom. The molecule has 34 heavy (non-hydrogen) atoms. The van der Waals surface area contributed by atoms with Gasteiger partial charge in [0.15, 0.2) is 5.82 Å². The second kappa shape index (κ2) is 9.84. The number of hydrogen-bond donors (Lipinski definition) is 2. The number of carbonyl (C=O) groups is 1. The number of aromatic nitrogens is 3. The van der Waals surface area contributed by atoms with E-state index in [-0.39, 0.29) is 12.7 Å². The fourth-order valence-electron chi connectivity index (χ4n) is 3.82. The number of nitrogens with zero attached hydrogens (tertiary/aromatic N) is 4. The number of hydrogen-bond acceptors (Lipinski definition) is 9. The van der Waals surface area contributed by atoms with Gasteiger partial charge in [-0.1, -0.05) is 0 Å². The zero-order valence-corrected chi connectivity index (χ0v) is 18.7. The summed E-state index contributed by atoms with van der Waals surface area (Å²) >= 11 is 0. The molecular formula is C24H24N6O4. The number of anilines is 1. The number of guanidine groups is 1. The summed E-state index contributed by atoms with van der Waals surface area (Å²) in [5.74, 6) is 1.48. The van der Waals surface area contributed by atoms with Crippen LogP contribution in [0.2, 0.25) is 0 Å². The third-order valence-electron chi connectivity index (χ3n) is 5.45. The molecule has 1 amide bonds. The standard InChI is InChI=1S/C24H24N6O4/c1-2-33-24(31)30-23-28-13-19-18(22-25-7-3-8-26-22)10-16(11-20(19)29-23)15-4-5-21(27-12-15)34-17-6-9-32-14-17/h3-5,7-8,10-12,17H,2,6,9,13-14H2,1H3,(H2,28,29,30,31). The first-order valence-electron chi connectivity index (χ1n) is 11.1. The molecule has 0 spiro atoms. The molecule has 1 unspecified atom stereocenters. The van der Waals surface area contributed by atoms with E-state index in [0.717, 1.165) is 34.4 Å². The molecule has 3 aromatic rings. The molecule has 1 saturated heterocycles. The number of benzene rings is 1. The average molecular weight is 460 g/mol. The van der Waals surface area contributed by atoms with Crippen molar-refractivity contribution in [2.45, 2.75) is 26.0 Å². The van der Waals surface area contributed by atoms with Crippen LogP contribution in [0.4, 0.5) is 10.5 Å². The van der Waals surface area contributed by atoms with Crippen molar-refractivity contribution in [3.63, 3.8) is 0 Å². The minimum absolute atomic E-state index is 0.0396. The summed E-state index contributed by atoms with van der Waals surface area (Å²) < 4.78 is 16.2. The lowest BCUT2D eigenvalue weighted by atomic mass is 9.96. The van der Waals surface area contributed by atoms with Gasteiger partial charge in [-0.15, -0.1) is 0 Å². The summed E-state index contributed by atoms with van der Waals surface area (Å²) in [6, 6.07) is 9.61. The molecule has 0 radical (unpaired) electrons. The fraction of sp³-hybridized carbons (Fsp3) is 0.292. The Bertz CT molecular complexity index is 1190. The van der Waals surface area contributed by atoms with Crippen LogP contribution < -0.4 is 15.4 Å². The molecule has 2 aromatic heterocycles. The third-order valence-corrected chi connectivity index (χ3v) is 5.45. The number of pyridine rings is 1. The monoisotopic (exact) mass is 460 g/mol. The second-order valence-corrected chi connectivity index (χ2v) is 7.75. The highest BCUT2D eigenvalue weighted by atomic mass is 16.6. The van der Waals surface area contributed by atoms with Gasteiger partial charge < -0.3 is 19.5 Å². The molecule has 5 rings (SSSR count). The van der Waals surface area contributed by atoms with E-state index in [4.69, 9.17) is 14.2 Å². The number of alkyl carbamates (subject to hydrolysis) is 1. The molecule has 10 nitrogen and oxygen atoms in total. The molecule has 174 valence electrons. The van der Waals surface area contributed by atoms with Crippen LogP contribution in [0.3, 0.4) is 0 Å². The Labute approximate surface area is 196 Å². The molecule has 2 aliphatic heterocycles. The molecule has 1 aromatic carbocycles. The van der Waals surface area contributed by atoms with Gasteiger partial charge in [-0.25, -0.2) is 24.7 Å². The highest BCUT2D eigenvalue weighted by Gasteiger charge is 2.21. The largest absolute Gasteiger partial charge is 0.472 e. The first-order chi connectivity index (χ1) is 16.7.